The van der Waals surface area contributed by atoms with Crippen LogP contribution in [0.25, 0.3) is 0 Å². The van der Waals surface area contributed by atoms with Crippen LogP contribution in [0.5, 0.6) is 5.75 Å². The van der Waals surface area contributed by atoms with Crippen LogP contribution in [0.3, 0.4) is 0 Å². The van der Waals surface area contributed by atoms with Gasteiger partial charge in [0, 0.05) is 31.6 Å². The first-order chi connectivity index (χ1) is 22.6. The van der Waals surface area contributed by atoms with Crippen LogP contribution in [0, 0.1) is 32.6 Å². The topological polar surface area (TPSA) is 143 Å². The van der Waals surface area contributed by atoms with Gasteiger partial charge in [-0.1, -0.05) is 58.0 Å². The van der Waals surface area contributed by atoms with Gasteiger partial charge in [-0.2, -0.15) is 4.31 Å². The minimum Gasteiger partial charge on any atom is -0.507 e. The molecular weight excluding hydrogens is 651 g/mol. The van der Waals surface area contributed by atoms with Gasteiger partial charge in [-0.25, -0.2) is 18.2 Å². The normalized spacial score (nSPS) is 15.9. The van der Waals surface area contributed by atoms with E-state index in [0.717, 1.165) is 16.3 Å². The largest absolute Gasteiger partial charge is 0.507 e. The molecule has 1 saturated heterocycles. The summed E-state index contributed by atoms with van der Waals surface area (Å²) >= 11 is 1.52. The number of aryl methyl sites for hydroxylation is 3. The molecule has 0 radical (unpaired) electrons. The second kappa shape index (κ2) is 15.8. The number of amides is 3. The Bertz CT molecular complexity index is 1650. The standard InChI is InChI=1S/C35H49N5O6S2/c1-22(2)18-39(48(45,46)29-15-24(5)33(42)25(6)16-29)20-31(41)30(17-27-11-9-8-10-12-27)37-34(43)32(23(3)4)40-14-13-38(35(40)44)19-28-21-47-26(7)36-28/h8-12,15-16,21-23,30-32,41-42H,13-14,17-20H2,1-7H3,(H,37,43)/t30-,31-,32-/m0/s1. The number of nitrogens with one attached hydrogen (secondary N) is 1. The Balaban J connectivity index is 1.59. The number of phenolic OH excluding ortho intramolecular Hbond substituents is 1. The van der Waals surface area contributed by atoms with E-state index in [1.807, 2.05) is 70.3 Å². The molecule has 1 aliphatic rings. The van der Waals surface area contributed by atoms with Crippen molar-refractivity contribution >= 4 is 33.3 Å². The van der Waals surface area contributed by atoms with Gasteiger partial charge in [-0.3, -0.25) is 4.79 Å². The van der Waals surface area contributed by atoms with Crippen molar-refractivity contribution < 1.29 is 28.2 Å². The first kappa shape index (κ1) is 37.3. The molecule has 3 amide bonds. The number of hydrogen-bond acceptors (Lipinski definition) is 8. The smallest absolute Gasteiger partial charge is 0.321 e. The van der Waals surface area contributed by atoms with Crippen molar-refractivity contribution in [1.29, 1.82) is 0 Å². The molecule has 48 heavy (non-hydrogen) atoms. The Morgan fingerprint density at radius 1 is 1.04 bits per heavy atom. The van der Waals surface area contributed by atoms with E-state index in [2.05, 4.69) is 10.3 Å². The Kier molecular flexibility index (Phi) is 12.3. The van der Waals surface area contributed by atoms with E-state index in [1.54, 1.807) is 23.6 Å². The Morgan fingerprint density at radius 2 is 1.69 bits per heavy atom. The molecule has 11 nitrogen and oxygen atoms in total. The maximum atomic E-state index is 14.1. The minimum absolute atomic E-state index is 0.0246. The molecule has 3 N–H and O–H groups in total. The zero-order valence-corrected chi connectivity index (χ0v) is 30.5. The highest BCUT2D eigenvalue weighted by atomic mass is 32.2. The van der Waals surface area contributed by atoms with Crippen molar-refractivity contribution in [3.05, 3.63) is 75.2 Å². The highest BCUT2D eigenvalue weighted by Crippen LogP contribution is 2.28. The molecule has 1 aromatic heterocycles. The molecule has 3 atom stereocenters. The fourth-order valence-electron chi connectivity index (χ4n) is 6.13. The van der Waals surface area contributed by atoms with Gasteiger partial charge in [-0.05, 0) is 67.9 Å². The highest BCUT2D eigenvalue weighted by molar-refractivity contribution is 7.89. The van der Waals surface area contributed by atoms with Crippen molar-refractivity contribution in [2.45, 2.75) is 84.5 Å². The Labute approximate surface area is 288 Å². The lowest BCUT2D eigenvalue weighted by Crippen LogP contribution is -2.57. The maximum Gasteiger partial charge on any atom is 0.321 e. The van der Waals surface area contributed by atoms with Gasteiger partial charge in [-0.15, -0.1) is 11.3 Å². The number of benzene rings is 2. The molecule has 0 spiro atoms. The van der Waals surface area contributed by atoms with Crippen molar-refractivity contribution in [3.8, 4) is 5.75 Å². The second-order valence-corrected chi connectivity index (χ2v) is 16.4. The molecule has 2 aromatic carbocycles. The number of carbonyl (C=O) groups excluding carboxylic acids is 2. The quantitative estimate of drug-likeness (QED) is 0.213. The van der Waals surface area contributed by atoms with Crippen LogP contribution in [-0.2, 0) is 27.8 Å². The van der Waals surface area contributed by atoms with E-state index in [9.17, 15) is 28.2 Å². The molecule has 0 aliphatic carbocycles. The number of aromatic nitrogens is 1. The van der Waals surface area contributed by atoms with Crippen LogP contribution < -0.4 is 5.32 Å². The lowest BCUT2D eigenvalue weighted by atomic mass is 9.97. The molecule has 3 aromatic rings. The molecule has 0 saturated carbocycles. The first-order valence-corrected chi connectivity index (χ1v) is 18.7. The third-order valence-electron chi connectivity index (χ3n) is 8.53. The van der Waals surface area contributed by atoms with E-state index < -0.39 is 34.1 Å². The fourth-order valence-corrected chi connectivity index (χ4v) is 8.53. The lowest BCUT2D eigenvalue weighted by molar-refractivity contribution is -0.128. The van der Waals surface area contributed by atoms with Crippen LogP contribution in [0.4, 0.5) is 4.79 Å². The lowest BCUT2D eigenvalue weighted by Gasteiger charge is -2.34. The molecule has 262 valence electrons. The number of urea groups is 1. The van der Waals surface area contributed by atoms with Gasteiger partial charge in [0.1, 0.15) is 11.8 Å². The third kappa shape index (κ3) is 8.93. The number of sulfonamides is 1. The van der Waals surface area contributed by atoms with Crippen molar-refractivity contribution in [3.63, 3.8) is 0 Å². The molecule has 1 aliphatic heterocycles. The van der Waals surface area contributed by atoms with Crippen LogP contribution in [-0.4, -0.2) is 94.0 Å². The minimum atomic E-state index is -4.08. The molecular formula is C35H49N5O6S2. The molecule has 13 heteroatoms. The zero-order chi connectivity index (χ0) is 35.3. The summed E-state index contributed by atoms with van der Waals surface area (Å²) in [5.41, 5.74) is 2.53. The molecule has 2 heterocycles. The monoisotopic (exact) mass is 699 g/mol. The highest BCUT2D eigenvalue weighted by Gasteiger charge is 2.40. The average molecular weight is 700 g/mol. The van der Waals surface area contributed by atoms with Gasteiger partial charge >= 0.3 is 6.03 Å². The summed E-state index contributed by atoms with van der Waals surface area (Å²) in [5, 5.41) is 27.9. The summed E-state index contributed by atoms with van der Waals surface area (Å²) in [6.45, 7) is 13.8. The van der Waals surface area contributed by atoms with E-state index in [-0.39, 0.29) is 48.0 Å². The third-order valence-corrected chi connectivity index (χ3v) is 11.2. The zero-order valence-electron chi connectivity index (χ0n) is 28.9. The van der Waals surface area contributed by atoms with Crippen LogP contribution in [0.15, 0.2) is 52.7 Å². The summed E-state index contributed by atoms with van der Waals surface area (Å²) in [4.78, 5) is 35.4. The van der Waals surface area contributed by atoms with Crippen molar-refractivity contribution in [2.24, 2.45) is 11.8 Å². The predicted octanol–water partition coefficient (Wildman–Crippen LogP) is 4.47. The number of phenols is 1. The van der Waals surface area contributed by atoms with Crippen LogP contribution in [0.2, 0.25) is 0 Å². The summed E-state index contributed by atoms with van der Waals surface area (Å²) in [5.74, 6) is -0.667. The van der Waals surface area contributed by atoms with E-state index in [0.29, 0.717) is 30.8 Å². The van der Waals surface area contributed by atoms with Crippen LogP contribution in [0.1, 0.15) is 55.1 Å². The summed E-state index contributed by atoms with van der Waals surface area (Å²) in [6, 6.07) is 10.3. The molecule has 0 unspecified atom stereocenters. The first-order valence-electron chi connectivity index (χ1n) is 16.4. The maximum absolute atomic E-state index is 14.1. The van der Waals surface area contributed by atoms with Gasteiger partial charge in [0.05, 0.1) is 34.3 Å². The van der Waals surface area contributed by atoms with Crippen molar-refractivity contribution in [1.82, 2.24) is 24.4 Å². The number of rotatable bonds is 15. The number of aliphatic hydroxyl groups excluding tert-OH is 1. The molecule has 4 rings (SSSR count). The van der Waals surface area contributed by atoms with E-state index in [4.69, 9.17) is 0 Å². The van der Waals surface area contributed by atoms with Crippen LogP contribution >= 0.6 is 11.3 Å². The predicted molar refractivity (Wildman–Crippen MR) is 187 cm³/mol. The van der Waals surface area contributed by atoms with Gasteiger partial charge < -0.3 is 25.3 Å². The molecule has 1 fully saturated rings. The molecule has 0 bridgehead atoms. The summed E-state index contributed by atoms with van der Waals surface area (Å²) < 4.78 is 29.2. The number of aromatic hydroxyl groups is 1. The number of nitrogens with zero attached hydrogens (tertiary/aromatic N) is 4. The summed E-state index contributed by atoms with van der Waals surface area (Å²) in [7, 11) is -4.08. The number of carbonyl (C=O) groups is 2. The van der Waals surface area contributed by atoms with E-state index in [1.165, 1.54) is 27.8 Å². The van der Waals surface area contributed by atoms with Gasteiger partial charge in [0.25, 0.3) is 0 Å². The fraction of sp³-hybridized carbons (Fsp3) is 0.514. The van der Waals surface area contributed by atoms with Crippen molar-refractivity contribution in [2.75, 3.05) is 26.2 Å². The Hall–Kier alpha value is -3.52. The SMILES string of the molecule is Cc1nc(CN2CCN([C@H](C(=O)N[C@@H](Cc3ccccc3)[C@@H](O)CN(CC(C)C)S(=O)(=O)c3cc(C)c(O)c(C)c3)C(C)C)C2=O)cs1. The number of thiazole rings is 1. The van der Waals surface area contributed by atoms with Gasteiger partial charge in [0.15, 0.2) is 0 Å². The second-order valence-electron chi connectivity index (χ2n) is 13.4. The number of hydrogen-bond donors (Lipinski definition) is 3. The van der Waals surface area contributed by atoms with Gasteiger partial charge in [0.2, 0.25) is 15.9 Å². The number of aliphatic hydroxyl groups is 1. The van der Waals surface area contributed by atoms with E-state index >= 15 is 0 Å². The Morgan fingerprint density at radius 3 is 2.25 bits per heavy atom. The summed E-state index contributed by atoms with van der Waals surface area (Å²) in [6.07, 6.45) is -1.04. The average Bonchev–Trinajstić information content (AvgIpc) is 3.59.